The second kappa shape index (κ2) is 4.91. The van der Waals surface area contributed by atoms with E-state index in [4.69, 9.17) is 4.42 Å². The first kappa shape index (κ1) is 12.2. The van der Waals surface area contributed by atoms with Crippen molar-refractivity contribution >= 4 is 17.1 Å². The molecule has 2 aromatic rings. The van der Waals surface area contributed by atoms with Gasteiger partial charge in [-0.05, 0) is 19.1 Å². The van der Waals surface area contributed by atoms with Crippen LogP contribution in [0.1, 0.15) is 6.92 Å². The largest absolute Gasteiger partial charge is 0.466 e. The normalized spacial score (nSPS) is 11.8. The molecule has 1 aromatic heterocycles. The molecule has 5 heteroatoms. The molecule has 0 amide bonds. The van der Waals surface area contributed by atoms with Gasteiger partial charge < -0.3 is 9.15 Å². The van der Waals surface area contributed by atoms with Crippen LogP contribution in [0, 0.1) is 0 Å². The third-order valence-corrected chi connectivity index (χ3v) is 2.66. The molecule has 2 rings (SSSR count). The average molecular weight is 247 g/mol. The van der Waals surface area contributed by atoms with E-state index in [1.165, 1.54) is 11.7 Å². The number of aromatic nitrogens is 1. The lowest BCUT2D eigenvalue weighted by molar-refractivity contribution is -0.136. The number of hydrogen-bond acceptors (Lipinski definition) is 4. The van der Waals surface area contributed by atoms with E-state index in [1.807, 2.05) is 6.07 Å². The predicted molar refractivity (Wildman–Crippen MR) is 66.2 cm³/mol. The molecule has 0 aliphatic rings. The van der Waals surface area contributed by atoms with Gasteiger partial charge in [0.05, 0.1) is 12.6 Å². The molecule has 0 saturated carbocycles. The van der Waals surface area contributed by atoms with Crippen molar-refractivity contribution < 1.29 is 13.9 Å². The van der Waals surface area contributed by atoms with Crippen molar-refractivity contribution in [2.24, 2.45) is 0 Å². The Kier molecular flexibility index (Phi) is 3.32. The molecule has 0 unspecified atom stereocenters. The lowest BCUT2D eigenvalue weighted by Gasteiger charge is -2.00. The minimum absolute atomic E-state index is 0.275. The van der Waals surface area contributed by atoms with E-state index in [1.54, 1.807) is 31.2 Å². The highest BCUT2D eigenvalue weighted by Crippen LogP contribution is 2.11. The molecule has 1 aromatic carbocycles. The smallest absolute Gasteiger partial charge is 0.420 e. The number of nitrogens with zero attached hydrogens (tertiary/aromatic N) is 1. The van der Waals surface area contributed by atoms with Crippen LogP contribution in [0.25, 0.3) is 11.1 Å². The number of methoxy groups -OCH3 is 1. The molecule has 5 nitrogen and oxygen atoms in total. The summed E-state index contributed by atoms with van der Waals surface area (Å²) >= 11 is 0. The standard InChI is InChI=1S/C13H13NO4/c1-9(12(15)17-2)7-8-14-10-5-3-4-6-11(10)18-13(14)16/h3-7H,8H2,1-2H3. The number of para-hydroxylation sites is 2. The number of carbonyl (C=O) groups is 1. The van der Waals surface area contributed by atoms with Crippen molar-refractivity contribution in [2.75, 3.05) is 7.11 Å². The van der Waals surface area contributed by atoms with Gasteiger partial charge in [-0.15, -0.1) is 0 Å². The Labute approximate surface area is 103 Å². The fourth-order valence-corrected chi connectivity index (χ4v) is 1.66. The van der Waals surface area contributed by atoms with Crippen LogP contribution in [-0.2, 0) is 16.1 Å². The monoisotopic (exact) mass is 247 g/mol. The predicted octanol–water partition coefficient (Wildman–Crippen LogP) is 1.71. The van der Waals surface area contributed by atoms with Crippen LogP contribution in [0.5, 0.6) is 0 Å². The number of hydrogen-bond donors (Lipinski definition) is 0. The summed E-state index contributed by atoms with van der Waals surface area (Å²) in [7, 11) is 1.32. The molecule has 94 valence electrons. The Bertz CT molecular complexity index is 663. The topological polar surface area (TPSA) is 61.4 Å². The molecule has 0 aliphatic carbocycles. The number of ether oxygens (including phenoxy) is 1. The summed E-state index contributed by atoms with van der Waals surface area (Å²) in [5.74, 6) is -0.846. The second-order valence-corrected chi connectivity index (χ2v) is 3.83. The maximum Gasteiger partial charge on any atom is 0.420 e. The third kappa shape index (κ3) is 2.20. The van der Waals surface area contributed by atoms with Gasteiger partial charge in [0.25, 0.3) is 0 Å². The van der Waals surface area contributed by atoms with Gasteiger partial charge in [0, 0.05) is 12.1 Å². The zero-order valence-corrected chi connectivity index (χ0v) is 10.2. The first-order chi connectivity index (χ1) is 8.63. The van der Waals surface area contributed by atoms with Gasteiger partial charge in [-0.1, -0.05) is 18.2 Å². The highest BCUT2D eigenvalue weighted by atomic mass is 16.5. The summed E-state index contributed by atoms with van der Waals surface area (Å²) in [6.07, 6.45) is 1.63. The third-order valence-electron chi connectivity index (χ3n) is 2.66. The lowest BCUT2D eigenvalue weighted by Crippen LogP contribution is -2.14. The number of allylic oxidation sites excluding steroid dienone is 1. The van der Waals surface area contributed by atoms with Crippen LogP contribution >= 0.6 is 0 Å². The zero-order valence-electron chi connectivity index (χ0n) is 10.2. The summed E-state index contributed by atoms with van der Waals surface area (Å²) in [5.41, 5.74) is 1.69. The van der Waals surface area contributed by atoms with Crippen molar-refractivity contribution in [3.05, 3.63) is 46.5 Å². The fraction of sp³-hybridized carbons (Fsp3) is 0.231. The van der Waals surface area contributed by atoms with Crippen molar-refractivity contribution in [3.8, 4) is 0 Å². The van der Waals surface area contributed by atoms with Crippen molar-refractivity contribution in [1.29, 1.82) is 0 Å². The van der Waals surface area contributed by atoms with Gasteiger partial charge in [-0.2, -0.15) is 0 Å². The highest BCUT2D eigenvalue weighted by molar-refractivity contribution is 5.87. The Morgan fingerprint density at radius 1 is 1.44 bits per heavy atom. The zero-order chi connectivity index (χ0) is 13.1. The quantitative estimate of drug-likeness (QED) is 0.612. The molecule has 0 N–H and O–H groups in total. The van der Waals surface area contributed by atoms with E-state index in [0.717, 1.165) is 0 Å². The Hall–Kier alpha value is -2.30. The second-order valence-electron chi connectivity index (χ2n) is 3.83. The van der Waals surface area contributed by atoms with Crippen molar-refractivity contribution in [3.63, 3.8) is 0 Å². The summed E-state index contributed by atoms with van der Waals surface area (Å²) in [6.45, 7) is 1.91. The van der Waals surface area contributed by atoms with E-state index in [-0.39, 0.29) is 6.54 Å². The van der Waals surface area contributed by atoms with Crippen LogP contribution in [0.4, 0.5) is 0 Å². The molecular formula is C13H13NO4. The lowest BCUT2D eigenvalue weighted by atomic mass is 10.3. The number of esters is 1. The summed E-state index contributed by atoms with van der Waals surface area (Å²) < 4.78 is 11.1. The van der Waals surface area contributed by atoms with Gasteiger partial charge in [0.2, 0.25) is 0 Å². The number of oxazole rings is 1. The number of carbonyl (C=O) groups excluding carboxylic acids is 1. The molecule has 0 radical (unpaired) electrons. The SMILES string of the molecule is COC(=O)C(C)=CCn1c(=O)oc2ccccc21. The summed E-state index contributed by atoms with van der Waals surface area (Å²) in [6, 6.07) is 7.14. The van der Waals surface area contributed by atoms with Crippen LogP contribution < -0.4 is 5.76 Å². The Morgan fingerprint density at radius 2 is 2.17 bits per heavy atom. The molecule has 0 aliphatic heterocycles. The van der Waals surface area contributed by atoms with Crippen LogP contribution in [0.15, 0.2) is 45.1 Å². The van der Waals surface area contributed by atoms with Gasteiger partial charge >= 0.3 is 11.7 Å². The number of benzene rings is 1. The fourth-order valence-electron chi connectivity index (χ4n) is 1.66. The van der Waals surface area contributed by atoms with Crippen molar-refractivity contribution in [2.45, 2.75) is 13.5 Å². The van der Waals surface area contributed by atoms with E-state index in [2.05, 4.69) is 4.74 Å². The number of fused-ring (bicyclic) bond motifs is 1. The maximum atomic E-state index is 11.6. The summed E-state index contributed by atoms with van der Waals surface area (Å²) in [5, 5.41) is 0. The number of rotatable bonds is 3. The Balaban J connectivity index is 2.35. The van der Waals surface area contributed by atoms with E-state index >= 15 is 0 Å². The van der Waals surface area contributed by atoms with Gasteiger partial charge in [0.15, 0.2) is 5.58 Å². The van der Waals surface area contributed by atoms with Gasteiger partial charge in [-0.3, -0.25) is 4.57 Å². The molecule has 18 heavy (non-hydrogen) atoms. The molecule has 0 bridgehead atoms. The van der Waals surface area contributed by atoms with E-state index in [9.17, 15) is 9.59 Å². The van der Waals surface area contributed by atoms with Crippen LogP contribution in [-0.4, -0.2) is 17.6 Å². The van der Waals surface area contributed by atoms with E-state index < -0.39 is 11.7 Å². The minimum Gasteiger partial charge on any atom is -0.466 e. The first-order valence-corrected chi connectivity index (χ1v) is 5.47. The molecule has 0 fully saturated rings. The Morgan fingerprint density at radius 3 is 2.89 bits per heavy atom. The van der Waals surface area contributed by atoms with Gasteiger partial charge in [0.1, 0.15) is 0 Å². The molecule has 0 atom stereocenters. The molecular weight excluding hydrogens is 234 g/mol. The average Bonchev–Trinajstić information content (AvgIpc) is 2.70. The van der Waals surface area contributed by atoms with Gasteiger partial charge in [-0.25, -0.2) is 9.59 Å². The minimum atomic E-state index is -0.440. The maximum absolute atomic E-state index is 11.6. The first-order valence-electron chi connectivity index (χ1n) is 5.47. The van der Waals surface area contributed by atoms with Crippen molar-refractivity contribution in [1.82, 2.24) is 4.57 Å². The van der Waals surface area contributed by atoms with Crippen LogP contribution in [0.3, 0.4) is 0 Å². The van der Waals surface area contributed by atoms with Crippen LogP contribution in [0.2, 0.25) is 0 Å². The highest BCUT2D eigenvalue weighted by Gasteiger charge is 2.08. The summed E-state index contributed by atoms with van der Waals surface area (Å²) in [4.78, 5) is 22.9. The molecule has 1 heterocycles. The van der Waals surface area contributed by atoms with E-state index in [0.29, 0.717) is 16.7 Å². The molecule has 0 saturated heterocycles. The molecule has 0 spiro atoms.